The Bertz CT molecular complexity index is 594. The molecule has 2 heterocycles. The fourth-order valence-electron chi connectivity index (χ4n) is 5.02. The van der Waals surface area contributed by atoms with Gasteiger partial charge in [-0.15, -0.1) is 0 Å². The fraction of sp³-hybridized carbons (Fsp3) is 0.850. The highest BCUT2D eigenvalue weighted by Crippen LogP contribution is 2.49. The average molecular weight is 380 g/mol. The highest BCUT2D eigenvalue weighted by atomic mass is 16.4. The van der Waals surface area contributed by atoms with Crippen LogP contribution < -0.4 is 5.32 Å². The van der Waals surface area contributed by atoms with Crippen molar-refractivity contribution in [2.45, 2.75) is 52.4 Å². The van der Waals surface area contributed by atoms with Crippen molar-refractivity contribution in [2.24, 2.45) is 23.2 Å². The van der Waals surface area contributed by atoms with Crippen molar-refractivity contribution in [1.29, 1.82) is 0 Å². The van der Waals surface area contributed by atoms with E-state index >= 15 is 0 Å². The van der Waals surface area contributed by atoms with Crippen LogP contribution in [-0.2, 0) is 9.59 Å². The summed E-state index contributed by atoms with van der Waals surface area (Å²) in [6.07, 6.45) is 4.81. The number of nitrogens with one attached hydrogen (secondary N) is 1. The van der Waals surface area contributed by atoms with Crippen molar-refractivity contribution in [3.05, 3.63) is 0 Å². The van der Waals surface area contributed by atoms with Gasteiger partial charge in [0.1, 0.15) is 0 Å². The molecule has 1 aliphatic carbocycles. The summed E-state index contributed by atoms with van der Waals surface area (Å²) >= 11 is 0. The topological polar surface area (TPSA) is 90.0 Å². The first-order valence-electron chi connectivity index (χ1n) is 10.4. The second kappa shape index (κ2) is 8.07. The molecule has 2 N–H and O–H groups in total. The summed E-state index contributed by atoms with van der Waals surface area (Å²) in [4.78, 5) is 40.5. The Balaban J connectivity index is 1.52. The van der Waals surface area contributed by atoms with Gasteiger partial charge in [-0.2, -0.15) is 0 Å². The van der Waals surface area contributed by atoms with E-state index in [1.807, 2.05) is 4.90 Å². The number of carbonyl (C=O) groups is 3. The summed E-state index contributed by atoms with van der Waals surface area (Å²) < 4.78 is 0. The van der Waals surface area contributed by atoms with Crippen LogP contribution in [0.15, 0.2) is 0 Å². The van der Waals surface area contributed by atoms with Crippen molar-refractivity contribution in [3.8, 4) is 0 Å². The lowest BCUT2D eigenvalue weighted by Gasteiger charge is -2.33. The van der Waals surface area contributed by atoms with Crippen molar-refractivity contribution < 1.29 is 19.5 Å². The zero-order chi connectivity index (χ0) is 19.6. The lowest BCUT2D eigenvalue weighted by molar-refractivity contribution is -0.149. The number of amides is 3. The maximum Gasteiger partial charge on any atom is 0.317 e. The van der Waals surface area contributed by atoms with Crippen LogP contribution in [0.1, 0.15) is 52.4 Å². The number of hydrogen-bond acceptors (Lipinski definition) is 3. The number of hydrogen-bond donors (Lipinski definition) is 2. The van der Waals surface area contributed by atoms with Crippen LogP contribution in [0.25, 0.3) is 0 Å². The zero-order valence-electron chi connectivity index (χ0n) is 16.6. The van der Waals surface area contributed by atoms with E-state index in [4.69, 9.17) is 0 Å². The van der Waals surface area contributed by atoms with Gasteiger partial charge in [0.05, 0.1) is 5.41 Å². The maximum atomic E-state index is 12.8. The standard InChI is InChI=1S/C20H33N3O4/c1-14(2)10-21-19(27)22-8-4-5-15(11-22)9-17(24)23-12-16-6-3-7-20(16,13-23)18(25)26/h14-16H,3-13H2,1-2H3,(H,21,27)(H,25,26)/t15?,16-,20+/m0/s1. The lowest BCUT2D eigenvalue weighted by atomic mass is 9.81. The molecule has 0 bridgehead atoms. The number of likely N-dealkylation sites (tertiary alicyclic amines) is 2. The minimum atomic E-state index is -0.744. The smallest absolute Gasteiger partial charge is 0.317 e. The minimum absolute atomic E-state index is 0.0404. The van der Waals surface area contributed by atoms with Crippen molar-refractivity contribution in [2.75, 3.05) is 32.7 Å². The molecule has 7 heteroatoms. The number of carboxylic acids is 1. The van der Waals surface area contributed by atoms with E-state index in [0.717, 1.165) is 32.2 Å². The van der Waals surface area contributed by atoms with Crippen molar-refractivity contribution >= 4 is 17.9 Å². The van der Waals surface area contributed by atoms with E-state index in [2.05, 4.69) is 19.2 Å². The van der Waals surface area contributed by atoms with Gasteiger partial charge >= 0.3 is 12.0 Å². The molecular weight excluding hydrogens is 346 g/mol. The second-order valence-electron chi connectivity index (χ2n) is 9.06. The Hall–Kier alpha value is -1.79. The molecule has 2 aliphatic heterocycles. The molecule has 0 aromatic rings. The third kappa shape index (κ3) is 4.22. The van der Waals surface area contributed by atoms with E-state index < -0.39 is 11.4 Å². The first kappa shape index (κ1) is 20.0. The summed E-state index contributed by atoms with van der Waals surface area (Å²) in [7, 11) is 0. The summed E-state index contributed by atoms with van der Waals surface area (Å²) in [6.45, 7) is 7.07. The molecule has 27 heavy (non-hydrogen) atoms. The number of aliphatic carboxylic acids is 1. The summed E-state index contributed by atoms with van der Waals surface area (Å²) in [6, 6.07) is -0.0404. The van der Waals surface area contributed by atoms with E-state index in [0.29, 0.717) is 44.9 Å². The number of fused-ring (bicyclic) bond motifs is 1. The van der Waals surface area contributed by atoms with Gasteiger partial charge in [-0.1, -0.05) is 20.3 Å². The second-order valence-corrected chi connectivity index (χ2v) is 9.06. The Labute approximate surface area is 161 Å². The van der Waals surface area contributed by atoms with Gasteiger partial charge in [0.25, 0.3) is 0 Å². The van der Waals surface area contributed by atoms with E-state index in [1.54, 1.807) is 4.90 Å². The first-order chi connectivity index (χ1) is 12.8. The Morgan fingerprint density at radius 2 is 1.93 bits per heavy atom. The monoisotopic (exact) mass is 379 g/mol. The molecule has 3 aliphatic rings. The van der Waals surface area contributed by atoms with Crippen LogP contribution in [0.5, 0.6) is 0 Å². The molecule has 0 spiro atoms. The van der Waals surface area contributed by atoms with Crippen LogP contribution in [-0.4, -0.2) is 65.5 Å². The van der Waals surface area contributed by atoms with Gasteiger partial charge in [-0.25, -0.2) is 4.79 Å². The molecule has 3 amide bonds. The van der Waals surface area contributed by atoms with Gasteiger partial charge in [0, 0.05) is 39.1 Å². The number of carbonyl (C=O) groups excluding carboxylic acids is 2. The predicted molar refractivity (Wildman–Crippen MR) is 101 cm³/mol. The lowest BCUT2D eigenvalue weighted by Crippen LogP contribution is -2.47. The van der Waals surface area contributed by atoms with Gasteiger partial charge in [-0.3, -0.25) is 9.59 Å². The molecular formula is C20H33N3O4. The zero-order valence-corrected chi connectivity index (χ0v) is 16.6. The molecule has 1 saturated carbocycles. The quantitative estimate of drug-likeness (QED) is 0.766. The molecule has 7 nitrogen and oxygen atoms in total. The molecule has 3 fully saturated rings. The number of rotatable bonds is 5. The largest absolute Gasteiger partial charge is 0.481 e. The molecule has 0 radical (unpaired) electrons. The van der Waals surface area contributed by atoms with Crippen LogP contribution in [0.4, 0.5) is 4.79 Å². The van der Waals surface area contributed by atoms with Crippen LogP contribution in [0.2, 0.25) is 0 Å². The molecule has 152 valence electrons. The van der Waals surface area contributed by atoms with E-state index in [9.17, 15) is 19.5 Å². The molecule has 3 rings (SSSR count). The van der Waals surface area contributed by atoms with Gasteiger partial charge in [0.2, 0.25) is 5.91 Å². The van der Waals surface area contributed by atoms with Gasteiger partial charge < -0.3 is 20.2 Å². The van der Waals surface area contributed by atoms with Crippen molar-refractivity contribution in [1.82, 2.24) is 15.1 Å². The summed E-state index contributed by atoms with van der Waals surface area (Å²) in [5, 5.41) is 12.6. The molecule has 2 saturated heterocycles. The third-order valence-electron chi connectivity index (χ3n) is 6.58. The van der Waals surface area contributed by atoms with Crippen LogP contribution >= 0.6 is 0 Å². The van der Waals surface area contributed by atoms with Crippen LogP contribution in [0, 0.1) is 23.2 Å². The Morgan fingerprint density at radius 1 is 1.15 bits per heavy atom. The van der Waals surface area contributed by atoms with Gasteiger partial charge in [0.15, 0.2) is 0 Å². The Kier molecular flexibility index (Phi) is 5.96. The number of nitrogens with zero attached hydrogens (tertiary/aromatic N) is 2. The number of carboxylic acid groups (broad SMARTS) is 1. The number of piperidine rings is 1. The Morgan fingerprint density at radius 3 is 2.59 bits per heavy atom. The van der Waals surface area contributed by atoms with E-state index in [1.165, 1.54) is 0 Å². The van der Waals surface area contributed by atoms with E-state index in [-0.39, 0.29) is 23.8 Å². The normalized spacial score (nSPS) is 30.5. The third-order valence-corrected chi connectivity index (χ3v) is 6.58. The molecule has 1 unspecified atom stereocenters. The summed E-state index contributed by atoms with van der Waals surface area (Å²) in [5.41, 5.74) is -0.717. The minimum Gasteiger partial charge on any atom is -0.481 e. The van der Waals surface area contributed by atoms with Gasteiger partial charge in [-0.05, 0) is 43.4 Å². The SMILES string of the molecule is CC(C)CNC(=O)N1CCCC(CC(=O)N2C[C@@H]3CCC[C@@]3(C(=O)O)C2)C1. The molecule has 0 aromatic heterocycles. The summed E-state index contributed by atoms with van der Waals surface area (Å²) in [5.74, 6) is -0.0152. The molecule has 0 aromatic carbocycles. The maximum absolute atomic E-state index is 12.8. The first-order valence-corrected chi connectivity index (χ1v) is 10.4. The number of urea groups is 1. The van der Waals surface area contributed by atoms with Crippen molar-refractivity contribution in [3.63, 3.8) is 0 Å². The van der Waals surface area contributed by atoms with Crippen LogP contribution in [0.3, 0.4) is 0 Å². The predicted octanol–water partition coefficient (Wildman–Crippen LogP) is 2.17. The highest BCUT2D eigenvalue weighted by molar-refractivity contribution is 5.81. The fourth-order valence-corrected chi connectivity index (χ4v) is 5.02. The highest BCUT2D eigenvalue weighted by Gasteiger charge is 2.55. The molecule has 3 atom stereocenters. The average Bonchev–Trinajstić information content (AvgIpc) is 3.18.